The summed E-state index contributed by atoms with van der Waals surface area (Å²) in [5, 5.41) is 0. The highest BCUT2D eigenvalue weighted by atomic mass is 32.2. The van der Waals surface area contributed by atoms with Crippen LogP contribution in [0.5, 0.6) is 0 Å². The van der Waals surface area contributed by atoms with E-state index < -0.39 is 28.4 Å². The predicted molar refractivity (Wildman–Crippen MR) is 112 cm³/mol. The van der Waals surface area contributed by atoms with Gasteiger partial charge < -0.3 is 0 Å². The van der Waals surface area contributed by atoms with Gasteiger partial charge in [0.05, 0.1) is 11.4 Å². The van der Waals surface area contributed by atoms with Crippen LogP contribution < -0.4 is 10.9 Å². The number of hydrogen-bond acceptors (Lipinski definition) is 4. The summed E-state index contributed by atoms with van der Waals surface area (Å²) >= 11 is 0. The number of hydrazine groups is 1. The number of sulfonamides is 1. The quantitative estimate of drug-likeness (QED) is 0.558. The van der Waals surface area contributed by atoms with Gasteiger partial charge in [-0.2, -0.15) is 4.31 Å². The number of nitrogens with zero attached hydrogens (tertiary/aromatic N) is 1. The Hall–Kier alpha value is -2.97. The van der Waals surface area contributed by atoms with E-state index in [1.165, 1.54) is 25.3 Å². The topological polar surface area (TPSA) is 95.6 Å². The molecule has 2 rings (SSSR count). The van der Waals surface area contributed by atoms with E-state index in [4.69, 9.17) is 0 Å². The Morgan fingerprint density at radius 2 is 1.59 bits per heavy atom. The highest BCUT2D eigenvalue weighted by Gasteiger charge is 2.22. The largest absolute Gasteiger partial charge is 0.272 e. The minimum absolute atomic E-state index is 0.0961. The summed E-state index contributed by atoms with van der Waals surface area (Å²) in [6, 6.07) is 12.2. The van der Waals surface area contributed by atoms with Gasteiger partial charge in [0.25, 0.3) is 11.8 Å². The molecule has 0 aliphatic heterocycles. The first-order valence-electron chi connectivity index (χ1n) is 8.97. The zero-order valence-corrected chi connectivity index (χ0v) is 17.7. The van der Waals surface area contributed by atoms with Crippen LogP contribution in [0.15, 0.2) is 53.4 Å². The third kappa shape index (κ3) is 6.27. The third-order valence-electron chi connectivity index (χ3n) is 4.26. The zero-order valence-electron chi connectivity index (χ0n) is 16.9. The van der Waals surface area contributed by atoms with Crippen LogP contribution in [0.4, 0.5) is 0 Å². The van der Waals surface area contributed by atoms with Crippen LogP contribution in [-0.4, -0.2) is 38.1 Å². The van der Waals surface area contributed by atoms with Crippen molar-refractivity contribution in [1.29, 1.82) is 0 Å². The van der Waals surface area contributed by atoms with E-state index >= 15 is 0 Å². The molecule has 0 aliphatic carbocycles. The minimum Gasteiger partial charge on any atom is -0.272 e. The summed E-state index contributed by atoms with van der Waals surface area (Å²) in [7, 11) is -2.50. The zero-order chi connectivity index (χ0) is 21.6. The number of amides is 2. The van der Waals surface area contributed by atoms with Gasteiger partial charge in [-0.15, -0.1) is 0 Å². The van der Waals surface area contributed by atoms with Gasteiger partial charge in [0.2, 0.25) is 10.0 Å². The van der Waals surface area contributed by atoms with Crippen molar-refractivity contribution in [3.8, 4) is 0 Å². The molecule has 154 valence electrons. The fourth-order valence-corrected chi connectivity index (χ4v) is 3.70. The lowest BCUT2D eigenvalue weighted by Crippen LogP contribution is -2.46. The molecule has 0 bridgehead atoms. The SMILES string of the molecule is Cc1ccc(S(=O)(=O)N(C)CC(=O)NNC(=O)C=Cc2ccc(C)cc2C)cc1. The van der Waals surface area contributed by atoms with Crippen LogP contribution >= 0.6 is 0 Å². The lowest BCUT2D eigenvalue weighted by Gasteiger charge is -2.17. The van der Waals surface area contributed by atoms with E-state index in [1.54, 1.807) is 18.2 Å². The van der Waals surface area contributed by atoms with Gasteiger partial charge in [0.1, 0.15) is 0 Å². The van der Waals surface area contributed by atoms with Gasteiger partial charge >= 0.3 is 0 Å². The number of nitrogens with one attached hydrogen (secondary N) is 2. The van der Waals surface area contributed by atoms with E-state index in [-0.39, 0.29) is 4.90 Å². The number of carbonyl (C=O) groups excluding carboxylic acids is 2. The molecular weight excluding hydrogens is 390 g/mol. The second-order valence-electron chi connectivity index (χ2n) is 6.80. The van der Waals surface area contributed by atoms with Gasteiger partial charge in [-0.05, 0) is 50.1 Å². The maximum Gasteiger partial charge on any atom is 0.262 e. The minimum atomic E-state index is -3.80. The molecule has 2 aromatic rings. The maximum atomic E-state index is 12.5. The molecule has 0 atom stereocenters. The molecule has 29 heavy (non-hydrogen) atoms. The van der Waals surface area contributed by atoms with Gasteiger partial charge in [-0.25, -0.2) is 8.42 Å². The van der Waals surface area contributed by atoms with E-state index in [0.717, 1.165) is 26.6 Å². The molecular formula is C21H25N3O4S. The molecule has 2 amide bonds. The Labute approximate surface area is 171 Å². The van der Waals surface area contributed by atoms with E-state index in [1.807, 2.05) is 39.0 Å². The highest BCUT2D eigenvalue weighted by molar-refractivity contribution is 7.89. The molecule has 0 spiro atoms. The summed E-state index contributed by atoms with van der Waals surface area (Å²) in [5.41, 5.74) is 8.43. The van der Waals surface area contributed by atoms with E-state index in [9.17, 15) is 18.0 Å². The van der Waals surface area contributed by atoms with Crippen LogP contribution in [-0.2, 0) is 19.6 Å². The first-order chi connectivity index (χ1) is 13.6. The smallest absolute Gasteiger partial charge is 0.262 e. The Morgan fingerprint density at radius 3 is 2.21 bits per heavy atom. The molecule has 0 heterocycles. The van der Waals surface area contributed by atoms with Crippen molar-refractivity contribution in [2.24, 2.45) is 0 Å². The van der Waals surface area contributed by atoms with E-state index in [2.05, 4.69) is 10.9 Å². The summed E-state index contributed by atoms with van der Waals surface area (Å²) in [4.78, 5) is 24.0. The first kappa shape index (κ1) is 22.3. The van der Waals surface area contributed by atoms with Crippen LogP contribution in [0.2, 0.25) is 0 Å². The van der Waals surface area contributed by atoms with E-state index in [0.29, 0.717) is 0 Å². The van der Waals surface area contributed by atoms with Gasteiger partial charge in [0.15, 0.2) is 0 Å². The number of aryl methyl sites for hydroxylation is 3. The van der Waals surface area contributed by atoms with Crippen LogP contribution in [0.1, 0.15) is 22.3 Å². The molecule has 7 nitrogen and oxygen atoms in total. The molecule has 2 aromatic carbocycles. The number of hydrogen-bond donors (Lipinski definition) is 2. The fourth-order valence-electron chi connectivity index (χ4n) is 2.57. The molecule has 0 radical (unpaired) electrons. The van der Waals surface area contributed by atoms with Crippen molar-refractivity contribution in [1.82, 2.24) is 15.2 Å². The molecule has 8 heteroatoms. The van der Waals surface area contributed by atoms with Crippen molar-refractivity contribution in [2.75, 3.05) is 13.6 Å². The Balaban J connectivity index is 1.89. The average molecular weight is 416 g/mol. The third-order valence-corrected chi connectivity index (χ3v) is 6.08. The number of likely N-dealkylation sites (N-methyl/N-ethyl adjacent to an activating group) is 1. The van der Waals surface area contributed by atoms with Crippen molar-refractivity contribution >= 4 is 27.9 Å². The number of rotatable bonds is 6. The Bertz CT molecular complexity index is 1030. The van der Waals surface area contributed by atoms with Crippen molar-refractivity contribution in [3.05, 3.63) is 70.8 Å². The lowest BCUT2D eigenvalue weighted by molar-refractivity contribution is -0.126. The monoisotopic (exact) mass is 415 g/mol. The Morgan fingerprint density at radius 1 is 0.966 bits per heavy atom. The van der Waals surface area contributed by atoms with Gasteiger partial charge in [0, 0.05) is 13.1 Å². The van der Waals surface area contributed by atoms with Crippen LogP contribution in [0, 0.1) is 20.8 Å². The molecule has 0 aliphatic rings. The molecule has 0 unspecified atom stereocenters. The molecule has 0 saturated heterocycles. The van der Waals surface area contributed by atoms with Crippen LogP contribution in [0.25, 0.3) is 6.08 Å². The van der Waals surface area contributed by atoms with Crippen LogP contribution in [0.3, 0.4) is 0 Å². The first-order valence-corrected chi connectivity index (χ1v) is 10.4. The highest BCUT2D eigenvalue weighted by Crippen LogP contribution is 2.14. The number of carbonyl (C=O) groups is 2. The van der Waals surface area contributed by atoms with Crippen molar-refractivity contribution in [2.45, 2.75) is 25.7 Å². The maximum absolute atomic E-state index is 12.5. The van der Waals surface area contributed by atoms with Crippen molar-refractivity contribution < 1.29 is 18.0 Å². The van der Waals surface area contributed by atoms with Gasteiger partial charge in [-0.3, -0.25) is 20.4 Å². The summed E-state index contributed by atoms with van der Waals surface area (Å²) in [5.74, 6) is -1.18. The summed E-state index contributed by atoms with van der Waals surface area (Å²) in [6.07, 6.45) is 2.94. The Kier molecular flexibility index (Phi) is 7.30. The second kappa shape index (κ2) is 9.49. The molecule has 0 fully saturated rings. The predicted octanol–water partition coefficient (Wildman–Crippen LogP) is 2.09. The lowest BCUT2D eigenvalue weighted by atomic mass is 10.1. The summed E-state index contributed by atoms with van der Waals surface area (Å²) < 4.78 is 25.9. The molecule has 0 saturated carbocycles. The fraction of sp³-hybridized carbons (Fsp3) is 0.238. The number of benzene rings is 2. The molecule has 2 N–H and O–H groups in total. The van der Waals surface area contributed by atoms with Crippen molar-refractivity contribution in [3.63, 3.8) is 0 Å². The average Bonchev–Trinajstić information content (AvgIpc) is 2.66. The second-order valence-corrected chi connectivity index (χ2v) is 8.85. The standard InChI is InChI=1S/C21H25N3O4S/c1-15-6-10-19(11-7-15)29(27,28)24(4)14-21(26)23-22-20(25)12-9-18-8-5-16(2)13-17(18)3/h5-13H,14H2,1-4H3,(H,22,25)(H,23,26). The molecule has 0 aromatic heterocycles. The summed E-state index contributed by atoms with van der Waals surface area (Å²) in [6.45, 7) is 5.34. The normalized spacial score (nSPS) is 11.6. The van der Waals surface area contributed by atoms with Gasteiger partial charge in [-0.1, -0.05) is 41.5 Å².